The molecule has 1 aromatic heterocycles. The number of nitrogens with one attached hydrogen (secondary N) is 1. The van der Waals surface area contributed by atoms with Crippen LogP contribution >= 0.6 is 0 Å². The summed E-state index contributed by atoms with van der Waals surface area (Å²) >= 11 is 0. The van der Waals surface area contributed by atoms with Crippen molar-refractivity contribution >= 4 is 17.7 Å². The molecule has 0 radical (unpaired) electrons. The number of esters is 1. The number of Topliss-reactive ketones (excluding diaryl/α,β-unsaturated/α-hetero) is 1. The quantitative estimate of drug-likeness (QED) is 0.410. The maximum absolute atomic E-state index is 12.6. The maximum Gasteiger partial charge on any atom is 0.325 e. The summed E-state index contributed by atoms with van der Waals surface area (Å²) in [5, 5.41) is 2.50. The van der Waals surface area contributed by atoms with Gasteiger partial charge in [-0.3, -0.25) is 14.4 Å². The lowest BCUT2D eigenvalue weighted by atomic mass is 10.1. The van der Waals surface area contributed by atoms with E-state index in [1.807, 2.05) is 55.7 Å². The van der Waals surface area contributed by atoms with Crippen molar-refractivity contribution in [2.75, 3.05) is 19.8 Å². The second-order valence-corrected chi connectivity index (χ2v) is 7.15. The Balaban J connectivity index is 1.57. The number of aryl methyl sites for hydroxylation is 1. The molecule has 1 heterocycles. The summed E-state index contributed by atoms with van der Waals surface area (Å²) in [6.45, 7) is 5.25. The number of para-hydroxylation sites is 2. The molecule has 0 unspecified atom stereocenters. The molecule has 2 aromatic carbocycles. The maximum atomic E-state index is 12.6. The van der Waals surface area contributed by atoms with Crippen molar-refractivity contribution in [3.63, 3.8) is 0 Å². The van der Waals surface area contributed by atoms with E-state index in [1.54, 1.807) is 30.3 Å². The lowest BCUT2D eigenvalue weighted by molar-refractivity contribution is -0.141. The Labute approximate surface area is 187 Å². The normalized spacial score (nSPS) is 10.5. The van der Waals surface area contributed by atoms with Gasteiger partial charge in [-0.25, -0.2) is 0 Å². The molecule has 0 spiro atoms. The van der Waals surface area contributed by atoms with Crippen LogP contribution in [0.1, 0.15) is 39.0 Å². The number of benzene rings is 2. The van der Waals surface area contributed by atoms with Crippen molar-refractivity contribution in [2.24, 2.45) is 0 Å². The second kappa shape index (κ2) is 10.4. The third kappa shape index (κ3) is 5.24. The molecule has 7 heteroatoms. The third-order valence-corrected chi connectivity index (χ3v) is 4.93. The van der Waals surface area contributed by atoms with E-state index in [0.29, 0.717) is 23.5 Å². The van der Waals surface area contributed by atoms with Crippen molar-refractivity contribution < 1.29 is 23.9 Å². The molecule has 0 saturated carbocycles. The fourth-order valence-corrected chi connectivity index (χ4v) is 3.48. The van der Waals surface area contributed by atoms with Crippen LogP contribution in [0.25, 0.3) is 5.69 Å². The monoisotopic (exact) mass is 434 g/mol. The van der Waals surface area contributed by atoms with Gasteiger partial charge in [0, 0.05) is 22.6 Å². The Hall–Kier alpha value is -3.87. The van der Waals surface area contributed by atoms with E-state index in [9.17, 15) is 14.4 Å². The van der Waals surface area contributed by atoms with E-state index >= 15 is 0 Å². The number of aromatic nitrogens is 1. The molecule has 166 valence electrons. The van der Waals surface area contributed by atoms with Gasteiger partial charge in [0.15, 0.2) is 6.61 Å². The minimum absolute atomic E-state index is 0.304. The van der Waals surface area contributed by atoms with Gasteiger partial charge < -0.3 is 19.4 Å². The molecule has 0 fully saturated rings. The number of rotatable bonds is 9. The van der Waals surface area contributed by atoms with Crippen molar-refractivity contribution in [1.29, 1.82) is 0 Å². The Morgan fingerprint density at radius 2 is 1.62 bits per heavy atom. The van der Waals surface area contributed by atoms with Gasteiger partial charge >= 0.3 is 5.97 Å². The molecular weight excluding hydrogens is 408 g/mol. The highest BCUT2D eigenvalue weighted by atomic mass is 16.5. The number of amides is 1. The summed E-state index contributed by atoms with van der Waals surface area (Å²) in [7, 11) is 0. The summed E-state index contributed by atoms with van der Waals surface area (Å²) in [5.74, 6) is -1.02. The summed E-state index contributed by atoms with van der Waals surface area (Å²) in [5.41, 5.74) is 3.45. The van der Waals surface area contributed by atoms with E-state index in [4.69, 9.17) is 9.47 Å². The van der Waals surface area contributed by atoms with Gasteiger partial charge in [-0.1, -0.05) is 30.3 Å². The molecule has 0 aliphatic carbocycles. The SMILES string of the molecule is CCOc1ccccc1C(=O)NCC(=O)OCC(=O)c1cc(C)n(-c2ccccc2)c1C. The summed E-state index contributed by atoms with van der Waals surface area (Å²) in [4.78, 5) is 37.1. The molecule has 0 aliphatic heterocycles. The molecule has 3 aromatic rings. The zero-order valence-corrected chi connectivity index (χ0v) is 18.4. The molecule has 1 amide bonds. The van der Waals surface area contributed by atoms with Crippen LogP contribution in [-0.2, 0) is 9.53 Å². The highest BCUT2D eigenvalue weighted by Crippen LogP contribution is 2.21. The molecule has 0 saturated heterocycles. The van der Waals surface area contributed by atoms with Crippen LogP contribution in [0.15, 0.2) is 60.7 Å². The average molecular weight is 434 g/mol. The van der Waals surface area contributed by atoms with Crippen LogP contribution < -0.4 is 10.1 Å². The van der Waals surface area contributed by atoms with E-state index in [2.05, 4.69) is 5.32 Å². The van der Waals surface area contributed by atoms with Gasteiger partial charge in [-0.2, -0.15) is 0 Å². The summed E-state index contributed by atoms with van der Waals surface area (Å²) < 4.78 is 12.5. The average Bonchev–Trinajstić information content (AvgIpc) is 3.10. The molecule has 0 bridgehead atoms. The van der Waals surface area contributed by atoms with Crippen molar-refractivity contribution in [3.05, 3.63) is 83.2 Å². The largest absolute Gasteiger partial charge is 0.493 e. The van der Waals surface area contributed by atoms with Gasteiger partial charge in [0.2, 0.25) is 5.78 Å². The number of hydrogen-bond donors (Lipinski definition) is 1. The number of hydrogen-bond acceptors (Lipinski definition) is 5. The molecule has 7 nitrogen and oxygen atoms in total. The van der Waals surface area contributed by atoms with Crippen LogP contribution in [0.5, 0.6) is 5.75 Å². The minimum atomic E-state index is -0.697. The topological polar surface area (TPSA) is 86.6 Å². The first-order chi connectivity index (χ1) is 15.4. The lowest BCUT2D eigenvalue weighted by Crippen LogP contribution is -2.31. The van der Waals surface area contributed by atoms with Crippen LogP contribution in [0.4, 0.5) is 0 Å². The second-order valence-electron chi connectivity index (χ2n) is 7.15. The number of ketones is 1. The zero-order chi connectivity index (χ0) is 23.1. The Morgan fingerprint density at radius 1 is 0.938 bits per heavy atom. The van der Waals surface area contributed by atoms with Crippen molar-refractivity contribution in [1.82, 2.24) is 9.88 Å². The van der Waals surface area contributed by atoms with Crippen LogP contribution in [-0.4, -0.2) is 42.0 Å². The number of ether oxygens (including phenoxy) is 2. The van der Waals surface area contributed by atoms with Gasteiger partial charge in [-0.15, -0.1) is 0 Å². The first kappa shape index (κ1) is 22.8. The number of carbonyl (C=O) groups is 3. The number of nitrogens with zero attached hydrogens (tertiary/aromatic N) is 1. The minimum Gasteiger partial charge on any atom is -0.493 e. The van der Waals surface area contributed by atoms with Crippen molar-refractivity contribution in [2.45, 2.75) is 20.8 Å². The van der Waals surface area contributed by atoms with Gasteiger partial charge in [-0.05, 0) is 51.1 Å². The highest BCUT2D eigenvalue weighted by Gasteiger charge is 2.19. The fraction of sp³-hybridized carbons (Fsp3) is 0.240. The predicted octanol–water partition coefficient (Wildman–Crippen LogP) is 3.65. The standard InChI is InChI=1S/C25H26N2O5/c1-4-31-23-13-9-8-12-20(23)25(30)26-15-24(29)32-16-22(28)21-14-17(2)27(18(21)3)19-10-6-5-7-11-19/h5-14H,4,15-16H2,1-3H3,(H,26,30). The molecule has 0 atom stereocenters. The van der Waals surface area contributed by atoms with Crippen LogP contribution in [0.3, 0.4) is 0 Å². The Bertz CT molecular complexity index is 1120. The zero-order valence-electron chi connectivity index (χ0n) is 18.4. The summed E-state index contributed by atoms with van der Waals surface area (Å²) in [6, 6.07) is 18.2. The van der Waals surface area contributed by atoms with Crippen LogP contribution in [0.2, 0.25) is 0 Å². The highest BCUT2D eigenvalue weighted by molar-refractivity contribution is 6.00. The number of carbonyl (C=O) groups excluding carboxylic acids is 3. The van der Waals surface area contributed by atoms with E-state index < -0.39 is 18.5 Å². The van der Waals surface area contributed by atoms with E-state index in [-0.39, 0.29) is 12.3 Å². The third-order valence-electron chi connectivity index (χ3n) is 4.93. The Kier molecular flexibility index (Phi) is 7.44. The Morgan fingerprint density at radius 3 is 2.34 bits per heavy atom. The van der Waals surface area contributed by atoms with E-state index in [1.165, 1.54) is 0 Å². The molecular formula is C25H26N2O5. The molecule has 1 N–H and O–H groups in total. The van der Waals surface area contributed by atoms with E-state index in [0.717, 1.165) is 17.1 Å². The first-order valence-electron chi connectivity index (χ1n) is 10.4. The predicted molar refractivity (Wildman–Crippen MR) is 120 cm³/mol. The summed E-state index contributed by atoms with van der Waals surface area (Å²) in [6.07, 6.45) is 0. The van der Waals surface area contributed by atoms with Gasteiger partial charge in [0.05, 0.1) is 12.2 Å². The van der Waals surface area contributed by atoms with Crippen LogP contribution in [0, 0.1) is 13.8 Å². The molecule has 32 heavy (non-hydrogen) atoms. The molecule has 3 rings (SSSR count). The fourth-order valence-electron chi connectivity index (χ4n) is 3.48. The van der Waals surface area contributed by atoms with Crippen molar-refractivity contribution in [3.8, 4) is 11.4 Å². The lowest BCUT2D eigenvalue weighted by Gasteiger charge is -2.11. The molecule has 0 aliphatic rings. The van der Waals surface area contributed by atoms with Gasteiger partial charge in [0.1, 0.15) is 12.3 Å². The smallest absolute Gasteiger partial charge is 0.325 e. The first-order valence-corrected chi connectivity index (χ1v) is 10.4. The van der Waals surface area contributed by atoms with Gasteiger partial charge in [0.25, 0.3) is 5.91 Å².